The Balaban J connectivity index is 1.41. The fourth-order valence-electron chi connectivity index (χ4n) is 3.61. The zero-order valence-electron chi connectivity index (χ0n) is 15.7. The Morgan fingerprint density at radius 2 is 2.04 bits per heavy atom. The normalized spacial score (nSPS) is 24.4. The Morgan fingerprint density at radius 1 is 1.30 bits per heavy atom. The van der Waals surface area contributed by atoms with E-state index in [0.717, 1.165) is 38.0 Å². The van der Waals surface area contributed by atoms with Crippen LogP contribution >= 0.6 is 0 Å². The second-order valence-electron chi connectivity index (χ2n) is 7.22. The molecule has 1 heterocycles. The summed E-state index contributed by atoms with van der Waals surface area (Å²) in [5.74, 6) is -0.186. The van der Waals surface area contributed by atoms with Gasteiger partial charge in [-0.25, -0.2) is 0 Å². The number of ether oxygens (including phenoxy) is 2. The van der Waals surface area contributed by atoms with Gasteiger partial charge in [-0.1, -0.05) is 6.92 Å². The number of nitrogens with zero attached hydrogens (tertiary/aromatic N) is 1. The number of carbonyl (C=O) groups is 2. The van der Waals surface area contributed by atoms with Gasteiger partial charge in [-0.05, 0) is 56.5 Å². The van der Waals surface area contributed by atoms with Crippen LogP contribution in [0.2, 0.25) is 0 Å². The summed E-state index contributed by atoms with van der Waals surface area (Å²) in [6.07, 6.45) is 3.86. The van der Waals surface area contributed by atoms with Gasteiger partial charge < -0.3 is 19.9 Å². The minimum absolute atomic E-state index is 0.0508. The highest BCUT2D eigenvalue weighted by Crippen LogP contribution is 2.26. The van der Waals surface area contributed by atoms with Crippen molar-refractivity contribution < 1.29 is 24.2 Å². The summed E-state index contributed by atoms with van der Waals surface area (Å²) in [6, 6.07) is 7.46. The van der Waals surface area contributed by atoms with Crippen LogP contribution in [0.15, 0.2) is 24.3 Å². The number of hydrogen-bond donors (Lipinski definition) is 2. The molecular weight excluding hydrogens is 348 g/mol. The molecule has 0 bridgehead atoms. The Kier molecular flexibility index (Phi) is 6.68. The van der Waals surface area contributed by atoms with Crippen molar-refractivity contribution in [2.24, 2.45) is 0 Å². The first kappa shape index (κ1) is 19.6. The lowest BCUT2D eigenvalue weighted by Crippen LogP contribution is -2.54. The molecule has 0 radical (unpaired) electrons. The monoisotopic (exact) mass is 376 g/mol. The molecule has 2 fully saturated rings. The zero-order chi connectivity index (χ0) is 19.2. The van der Waals surface area contributed by atoms with Crippen LogP contribution in [0.25, 0.3) is 0 Å². The highest BCUT2D eigenvalue weighted by molar-refractivity contribution is 5.94. The maximum atomic E-state index is 12.4. The van der Waals surface area contributed by atoms with Crippen molar-refractivity contribution in [2.45, 2.75) is 50.8 Å². The van der Waals surface area contributed by atoms with Crippen molar-refractivity contribution in [1.29, 1.82) is 0 Å². The Hall–Kier alpha value is -2.12. The molecule has 7 nitrogen and oxygen atoms in total. The number of hydrogen-bond acceptors (Lipinski definition) is 5. The van der Waals surface area contributed by atoms with E-state index in [9.17, 15) is 9.59 Å². The molecule has 7 heteroatoms. The van der Waals surface area contributed by atoms with Gasteiger partial charge in [0.15, 0.2) is 0 Å². The lowest BCUT2D eigenvalue weighted by Gasteiger charge is -2.42. The van der Waals surface area contributed by atoms with Gasteiger partial charge >= 0.3 is 5.97 Å². The van der Waals surface area contributed by atoms with Gasteiger partial charge in [0.1, 0.15) is 12.4 Å². The molecule has 1 aromatic rings. The molecule has 1 saturated heterocycles. The molecule has 1 atom stereocenters. The van der Waals surface area contributed by atoms with Crippen molar-refractivity contribution in [3.63, 3.8) is 0 Å². The molecule has 148 valence electrons. The average Bonchev–Trinajstić information content (AvgIpc) is 3.14. The number of likely N-dealkylation sites (N-methyl/N-ethyl adjacent to an activating group) is 1. The third-order valence-corrected chi connectivity index (χ3v) is 5.29. The Bertz CT molecular complexity index is 636. The van der Waals surface area contributed by atoms with Crippen molar-refractivity contribution in [2.75, 3.05) is 26.3 Å². The van der Waals surface area contributed by atoms with E-state index in [4.69, 9.17) is 14.6 Å². The first-order valence-electron chi connectivity index (χ1n) is 9.66. The molecule has 1 aliphatic heterocycles. The number of aliphatic carboxylic acids is 1. The van der Waals surface area contributed by atoms with E-state index < -0.39 is 5.97 Å². The highest BCUT2D eigenvalue weighted by atomic mass is 16.5. The number of amides is 1. The van der Waals surface area contributed by atoms with Crippen LogP contribution in [0.4, 0.5) is 0 Å². The molecule has 0 aromatic heterocycles. The molecule has 3 rings (SSSR count). The van der Waals surface area contributed by atoms with Gasteiger partial charge in [0, 0.05) is 24.3 Å². The van der Waals surface area contributed by atoms with Crippen LogP contribution in [0.5, 0.6) is 5.75 Å². The van der Waals surface area contributed by atoms with Crippen LogP contribution in [0, 0.1) is 0 Å². The lowest BCUT2D eigenvalue weighted by molar-refractivity contribution is -0.139. The number of carbonyl (C=O) groups excluding carboxylic acids is 1. The first-order valence-corrected chi connectivity index (χ1v) is 9.66. The molecule has 1 amide bonds. The average molecular weight is 376 g/mol. The van der Waals surface area contributed by atoms with Crippen molar-refractivity contribution >= 4 is 11.9 Å². The molecule has 1 unspecified atom stereocenters. The summed E-state index contributed by atoms with van der Waals surface area (Å²) in [4.78, 5) is 25.2. The summed E-state index contributed by atoms with van der Waals surface area (Å²) in [5.41, 5.74) is 0.598. The Labute approximate surface area is 159 Å². The molecular formula is C20H28N2O5. The number of nitrogens with one attached hydrogen (secondary N) is 1. The van der Waals surface area contributed by atoms with E-state index in [1.807, 2.05) is 11.8 Å². The highest BCUT2D eigenvalue weighted by Gasteiger charge is 2.34. The Morgan fingerprint density at radius 3 is 2.63 bits per heavy atom. The SMILES string of the molecule is CCN(CC(=O)O)C1CC(NC(=O)c2ccc(OCC3CCCO3)cc2)C1. The number of carboxylic acid groups (broad SMARTS) is 1. The fraction of sp³-hybridized carbons (Fsp3) is 0.600. The molecule has 2 aliphatic rings. The van der Waals surface area contributed by atoms with Crippen LogP contribution < -0.4 is 10.1 Å². The van der Waals surface area contributed by atoms with Gasteiger partial charge in [-0.2, -0.15) is 0 Å². The molecule has 27 heavy (non-hydrogen) atoms. The van der Waals surface area contributed by atoms with Gasteiger partial charge in [-0.15, -0.1) is 0 Å². The van der Waals surface area contributed by atoms with Gasteiger partial charge in [0.05, 0.1) is 12.6 Å². The molecule has 1 aromatic carbocycles. The summed E-state index contributed by atoms with van der Waals surface area (Å²) < 4.78 is 11.2. The largest absolute Gasteiger partial charge is 0.491 e. The van der Waals surface area contributed by atoms with Crippen molar-refractivity contribution in [3.8, 4) is 5.75 Å². The number of carboxylic acids is 1. The lowest BCUT2D eigenvalue weighted by atomic mass is 9.85. The quantitative estimate of drug-likeness (QED) is 0.685. The summed E-state index contributed by atoms with van der Waals surface area (Å²) in [6.45, 7) is 4.05. The number of benzene rings is 1. The van der Waals surface area contributed by atoms with Crippen LogP contribution in [-0.2, 0) is 9.53 Å². The van der Waals surface area contributed by atoms with Crippen molar-refractivity contribution in [1.82, 2.24) is 10.2 Å². The third kappa shape index (κ3) is 5.43. The molecule has 0 spiro atoms. The van der Waals surface area contributed by atoms with E-state index in [2.05, 4.69) is 5.32 Å². The molecule has 2 N–H and O–H groups in total. The second-order valence-corrected chi connectivity index (χ2v) is 7.22. The minimum atomic E-state index is -0.814. The van der Waals surface area contributed by atoms with Crippen LogP contribution in [-0.4, -0.2) is 66.4 Å². The van der Waals surface area contributed by atoms with E-state index in [1.54, 1.807) is 24.3 Å². The third-order valence-electron chi connectivity index (χ3n) is 5.29. The van der Waals surface area contributed by atoms with E-state index in [0.29, 0.717) is 18.7 Å². The van der Waals surface area contributed by atoms with Gasteiger partial charge in [0.2, 0.25) is 0 Å². The van der Waals surface area contributed by atoms with Crippen molar-refractivity contribution in [3.05, 3.63) is 29.8 Å². The molecule has 1 saturated carbocycles. The standard InChI is InChI=1S/C20H28N2O5/c1-2-22(12-19(23)24)16-10-15(11-16)21-20(25)14-5-7-17(8-6-14)27-13-18-4-3-9-26-18/h5-8,15-16,18H,2-4,9-13H2,1H3,(H,21,25)(H,23,24). The van der Waals surface area contributed by atoms with Gasteiger partial charge in [0.25, 0.3) is 5.91 Å². The summed E-state index contributed by atoms with van der Waals surface area (Å²) >= 11 is 0. The first-order chi connectivity index (χ1) is 13.0. The van der Waals surface area contributed by atoms with Crippen LogP contribution in [0.3, 0.4) is 0 Å². The predicted octanol–water partition coefficient (Wildman–Crippen LogP) is 1.91. The maximum absolute atomic E-state index is 12.4. The molecule has 1 aliphatic carbocycles. The zero-order valence-corrected chi connectivity index (χ0v) is 15.7. The topological polar surface area (TPSA) is 88.1 Å². The van der Waals surface area contributed by atoms with Gasteiger partial charge in [-0.3, -0.25) is 14.5 Å². The maximum Gasteiger partial charge on any atom is 0.317 e. The van der Waals surface area contributed by atoms with Crippen LogP contribution in [0.1, 0.15) is 43.0 Å². The minimum Gasteiger partial charge on any atom is -0.491 e. The smallest absolute Gasteiger partial charge is 0.317 e. The predicted molar refractivity (Wildman–Crippen MR) is 100 cm³/mol. The summed E-state index contributed by atoms with van der Waals surface area (Å²) in [5, 5.41) is 12.0. The van der Waals surface area contributed by atoms with E-state index >= 15 is 0 Å². The fourth-order valence-corrected chi connectivity index (χ4v) is 3.61. The number of rotatable bonds is 9. The van der Waals surface area contributed by atoms with E-state index in [-0.39, 0.29) is 30.6 Å². The second kappa shape index (κ2) is 9.19. The summed E-state index contributed by atoms with van der Waals surface area (Å²) in [7, 11) is 0. The van der Waals surface area contributed by atoms with E-state index in [1.165, 1.54) is 0 Å².